The van der Waals surface area contributed by atoms with E-state index in [-0.39, 0.29) is 0 Å². The normalized spacial score (nSPS) is 11.6. The second kappa shape index (κ2) is 13.1. The number of rotatable bonds is 6. The zero-order valence-corrected chi connectivity index (χ0v) is 30.4. The number of hydrogen-bond acceptors (Lipinski definition) is 2. The van der Waals surface area contributed by atoms with Crippen LogP contribution in [0.2, 0.25) is 0 Å². The Bertz CT molecular complexity index is 3170. The summed E-state index contributed by atoms with van der Waals surface area (Å²) in [5, 5.41) is 4.70. The Morgan fingerprint density at radius 3 is 1.77 bits per heavy atom. The highest BCUT2D eigenvalue weighted by atomic mass is 16.3. The molecule has 11 rings (SSSR count). The third-order valence-electron chi connectivity index (χ3n) is 11.0. The van der Waals surface area contributed by atoms with Crippen LogP contribution in [0.4, 0.5) is 0 Å². The molecule has 0 aliphatic heterocycles. The summed E-state index contributed by atoms with van der Waals surface area (Å²) in [4.78, 5) is 5.29. The fourth-order valence-electron chi connectivity index (χ4n) is 8.36. The van der Waals surface area contributed by atoms with E-state index < -0.39 is 0 Å². The van der Waals surface area contributed by atoms with Crippen molar-refractivity contribution in [2.75, 3.05) is 0 Å². The van der Waals surface area contributed by atoms with Crippen LogP contribution in [0.25, 0.3) is 105 Å². The molecule has 0 amide bonds. The molecule has 262 valence electrons. The monoisotopic (exact) mass is 714 g/mol. The lowest BCUT2D eigenvalue weighted by atomic mass is 9.94. The van der Waals surface area contributed by atoms with E-state index in [9.17, 15) is 0 Å². The lowest BCUT2D eigenvalue weighted by Crippen LogP contribution is -1.94. The van der Waals surface area contributed by atoms with E-state index in [1.165, 1.54) is 21.9 Å². The van der Waals surface area contributed by atoms with Crippen molar-refractivity contribution in [2.45, 2.75) is 0 Å². The quantitative estimate of drug-likeness (QED) is 0.172. The average Bonchev–Trinajstić information content (AvgIpc) is 3.83. The molecule has 8 aromatic carbocycles. The van der Waals surface area contributed by atoms with E-state index in [0.717, 1.165) is 83.5 Å². The van der Waals surface area contributed by atoms with Crippen LogP contribution in [-0.2, 0) is 0 Å². The summed E-state index contributed by atoms with van der Waals surface area (Å²) in [5.74, 6) is 0. The van der Waals surface area contributed by atoms with Gasteiger partial charge in [0.1, 0.15) is 11.2 Å². The smallest absolute Gasteiger partial charge is 0.143 e. The van der Waals surface area contributed by atoms with E-state index in [1.54, 1.807) is 0 Å². The van der Waals surface area contributed by atoms with Crippen molar-refractivity contribution in [1.82, 2.24) is 9.55 Å². The molecule has 0 saturated heterocycles. The van der Waals surface area contributed by atoms with Gasteiger partial charge in [-0.15, -0.1) is 0 Å². The first-order valence-electron chi connectivity index (χ1n) is 19.0. The Kier molecular flexibility index (Phi) is 7.49. The van der Waals surface area contributed by atoms with Crippen molar-refractivity contribution in [3.8, 4) is 61.6 Å². The van der Waals surface area contributed by atoms with Crippen LogP contribution in [0.15, 0.2) is 211 Å². The van der Waals surface area contributed by atoms with Crippen LogP contribution in [-0.4, -0.2) is 9.55 Å². The van der Waals surface area contributed by atoms with Crippen LogP contribution in [0.5, 0.6) is 0 Å². The number of furan rings is 1. The van der Waals surface area contributed by atoms with Gasteiger partial charge in [-0.3, -0.25) is 0 Å². The fourth-order valence-corrected chi connectivity index (χ4v) is 8.36. The lowest BCUT2D eigenvalue weighted by molar-refractivity contribution is 0.670. The first kappa shape index (κ1) is 32.0. The number of hydrogen-bond donors (Lipinski definition) is 0. The molecule has 0 radical (unpaired) electrons. The van der Waals surface area contributed by atoms with E-state index in [0.29, 0.717) is 0 Å². The second-order valence-corrected chi connectivity index (χ2v) is 14.3. The third-order valence-corrected chi connectivity index (χ3v) is 11.0. The molecule has 3 heteroatoms. The molecule has 0 saturated carbocycles. The molecule has 0 N–H and O–H groups in total. The number of nitrogens with zero attached hydrogens (tertiary/aromatic N) is 2. The fraction of sp³-hybridized carbons (Fsp3) is 0. The predicted molar refractivity (Wildman–Crippen MR) is 233 cm³/mol. The van der Waals surface area contributed by atoms with Gasteiger partial charge in [-0.05, 0) is 76.3 Å². The maximum atomic E-state index is 6.38. The Balaban J connectivity index is 1.03. The van der Waals surface area contributed by atoms with Gasteiger partial charge in [-0.2, -0.15) is 0 Å². The first-order chi connectivity index (χ1) is 27.8. The molecule has 0 bridgehead atoms. The molecule has 3 nitrogen and oxygen atoms in total. The minimum absolute atomic E-state index is 0.910. The van der Waals surface area contributed by atoms with E-state index >= 15 is 0 Å². The minimum Gasteiger partial charge on any atom is -0.455 e. The van der Waals surface area contributed by atoms with Crippen molar-refractivity contribution in [2.24, 2.45) is 0 Å². The minimum atomic E-state index is 0.910. The zero-order chi connectivity index (χ0) is 37.0. The summed E-state index contributed by atoms with van der Waals surface area (Å²) in [6.07, 6.45) is 0. The highest BCUT2D eigenvalue weighted by Crippen LogP contribution is 2.40. The second-order valence-electron chi connectivity index (χ2n) is 14.3. The molecular formula is C53H34N2O. The number of fused-ring (bicyclic) bond motifs is 6. The van der Waals surface area contributed by atoms with E-state index in [2.05, 4.69) is 193 Å². The molecular weight excluding hydrogens is 681 g/mol. The molecule has 11 aromatic rings. The topological polar surface area (TPSA) is 31.0 Å². The third kappa shape index (κ3) is 5.32. The first-order valence-corrected chi connectivity index (χ1v) is 19.0. The Hall–Kier alpha value is -7.49. The number of pyridine rings is 1. The lowest BCUT2D eigenvalue weighted by Gasteiger charge is -2.14. The molecule has 3 heterocycles. The molecule has 0 unspecified atom stereocenters. The molecule has 56 heavy (non-hydrogen) atoms. The predicted octanol–water partition coefficient (Wildman–Crippen LogP) is 14.4. The number of para-hydroxylation sites is 3. The van der Waals surface area contributed by atoms with Gasteiger partial charge in [-0.25, -0.2) is 4.98 Å². The van der Waals surface area contributed by atoms with Gasteiger partial charge in [0, 0.05) is 43.9 Å². The van der Waals surface area contributed by atoms with Gasteiger partial charge in [0.15, 0.2) is 0 Å². The summed E-state index contributed by atoms with van der Waals surface area (Å²) in [5.41, 5.74) is 16.2. The molecule has 0 spiro atoms. The highest BCUT2D eigenvalue weighted by Gasteiger charge is 2.18. The van der Waals surface area contributed by atoms with Crippen LogP contribution >= 0.6 is 0 Å². The summed E-state index contributed by atoms with van der Waals surface area (Å²) < 4.78 is 8.76. The van der Waals surface area contributed by atoms with Gasteiger partial charge in [0.25, 0.3) is 0 Å². The van der Waals surface area contributed by atoms with Crippen molar-refractivity contribution in [3.05, 3.63) is 206 Å². The van der Waals surface area contributed by atoms with E-state index in [4.69, 9.17) is 9.40 Å². The van der Waals surface area contributed by atoms with Crippen molar-refractivity contribution < 1.29 is 4.42 Å². The van der Waals surface area contributed by atoms with Crippen LogP contribution in [0, 0.1) is 0 Å². The average molecular weight is 715 g/mol. The number of aromatic nitrogens is 2. The van der Waals surface area contributed by atoms with Crippen molar-refractivity contribution >= 4 is 43.7 Å². The Morgan fingerprint density at radius 2 is 0.946 bits per heavy atom. The van der Waals surface area contributed by atoms with Crippen molar-refractivity contribution in [1.29, 1.82) is 0 Å². The highest BCUT2D eigenvalue weighted by molar-refractivity contribution is 6.11. The number of benzene rings is 8. The zero-order valence-electron chi connectivity index (χ0n) is 30.4. The largest absolute Gasteiger partial charge is 0.455 e. The molecule has 0 aliphatic rings. The summed E-state index contributed by atoms with van der Waals surface area (Å²) in [6, 6.07) is 73.2. The maximum Gasteiger partial charge on any atom is 0.143 e. The SMILES string of the molecule is c1ccc(-c2cc(-c3ccccc3)nc(-c3ccccc3-c3ccc4c(c3)c3ccccc3n4-c3ccc(-c4cccc5c4oc4ccccc45)cc3)c2)cc1. The van der Waals surface area contributed by atoms with Gasteiger partial charge in [0.05, 0.1) is 22.4 Å². The van der Waals surface area contributed by atoms with Crippen LogP contribution in [0.3, 0.4) is 0 Å². The van der Waals surface area contributed by atoms with Crippen LogP contribution < -0.4 is 0 Å². The van der Waals surface area contributed by atoms with Crippen LogP contribution in [0.1, 0.15) is 0 Å². The summed E-state index contributed by atoms with van der Waals surface area (Å²) in [6.45, 7) is 0. The summed E-state index contributed by atoms with van der Waals surface area (Å²) in [7, 11) is 0. The maximum absolute atomic E-state index is 6.38. The van der Waals surface area contributed by atoms with Gasteiger partial charge >= 0.3 is 0 Å². The van der Waals surface area contributed by atoms with Gasteiger partial charge in [0.2, 0.25) is 0 Å². The molecule has 0 fully saturated rings. The van der Waals surface area contributed by atoms with E-state index in [1.807, 2.05) is 18.2 Å². The summed E-state index contributed by atoms with van der Waals surface area (Å²) >= 11 is 0. The standard InChI is InChI=1S/C53H34N2O/c1-3-14-35(15-4-1)39-33-48(37-16-5-2-6-17-37)54-49(34-39)43-19-8-7-18-41(43)38-28-31-51-47(32-38)44-20-9-11-24-50(44)55(51)40-29-26-36(27-30-40)42-22-13-23-46-45-21-10-12-25-52(45)56-53(42)46/h1-34H. The van der Waals surface area contributed by atoms with Gasteiger partial charge < -0.3 is 8.98 Å². The molecule has 0 aliphatic carbocycles. The van der Waals surface area contributed by atoms with Crippen molar-refractivity contribution in [3.63, 3.8) is 0 Å². The molecule has 0 atom stereocenters. The Morgan fingerprint density at radius 1 is 0.339 bits per heavy atom. The Labute approximate surface area is 324 Å². The molecule has 3 aromatic heterocycles. The van der Waals surface area contributed by atoms with Gasteiger partial charge in [-0.1, -0.05) is 158 Å².